The van der Waals surface area contributed by atoms with Crippen molar-refractivity contribution in [2.45, 2.75) is 13.8 Å². The van der Waals surface area contributed by atoms with E-state index < -0.39 is 10.8 Å². The van der Waals surface area contributed by atoms with E-state index >= 15 is 0 Å². The minimum atomic E-state index is -0.609. The van der Waals surface area contributed by atoms with Crippen LogP contribution < -0.4 is 11.1 Å². The van der Waals surface area contributed by atoms with Crippen molar-refractivity contribution in [3.05, 3.63) is 55.5 Å². The number of nitrogens with two attached hydrogens (primary N) is 1. The van der Waals surface area contributed by atoms with E-state index in [0.29, 0.717) is 15.4 Å². The normalized spacial score (nSPS) is 10.8. The van der Waals surface area contributed by atoms with Crippen molar-refractivity contribution in [2.24, 2.45) is 0 Å². The Labute approximate surface area is 151 Å². The molecule has 2 heterocycles. The number of benzene rings is 1. The molecule has 3 rings (SSSR count). The number of nitro benzene ring substituents is 1. The van der Waals surface area contributed by atoms with Gasteiger partial charge in [0, 0.05) is 22.8 Å². The first-order chi connectivity index (χ1) is 11.8. The number of pyridine rings is 1. The first kappa shape index (κ1) is 17.1. The van der Waals surface area contributed by atoms with E-state index in [0.717, 1.165) is 16.6 Å². The van der Waals surface area contributed by atoms with Gasteiger partial charge in [0.2, 0.25) is 0 Å². The number of amides is 1. The van der Waals surface area contributed by atoms with Crippen molar-refractivity contribution >= 4 is 56.1 Å². The van der Waals surface area contributed by atoms with Crippen molar-refractivity contribution < 1.29 is 9.72 Å². The molecule has 0 aliphatic rings. The number of thiophene rings is 1. The average Bonchev–Trinajstić information content (AvgIpc) is 2.85. The predicted octanol–water partition coefficient (Wildman–Crippen LogP) is 4.31. The molecule has 1 aromatic carbocycles. The maximum Gasteiger partial charge on any atom is 0.289 e. The van der Waals surface area contributed by atoms with Gasteiger partial charge >= 0.3 is 0 Å². The highest BCUT2D eigenvalue weighted by Gasteiger charge is 2.20. The molecule has 0 radical (unpaired) electrons. The third-order valence-corrected chi connectivity index (χ3v) is 5.05. The number of aromatic nitrogens is 1. The number of rotatable bonds is 3. The van der Waals surface area contributed by atoms with E-state index in [-0.39, 0.29) is 16.4 Å². The maximum absolute atomic E-state index is 12.6. The van der Waals surface area contributed by atoms with Gasteiger partial charge < -0.3 is 11.1 Å². The van der Waals surface area contributed by atoms with Crippen molar-refractivity contribution in [2.75, 3.05) is 11.1 Å². The van der Waals surface area contributed by atoms with Crippen LogP contribution in [0.3, 0.4) is 0 Å². The largest absolute Gasteiger partial charge is 0.397 e. The molecule has 128 valence electrons. The lowest BCUT2D eigenvalue weighted by Gasteiger charge is -2.05. The number of carbonyl (C=O) groups excluding carboxylic acids is 1. The Hall–Kier alpha value is -2.71. The molecule has 3 aromatic rings. The van der Waals surface area contributed by atoms with E-state index in [9.17, 15) is 14.9 Å². The van der Waals surface area contributed by atoms with Crippen LogP contribution in [0.2, 0.25) is 5.02 Å². The fourth-order valence-electron chi connectivity index (χ4n) is 2.56. The summed E-state index contributed by atoms with van der Waals surface area (Å²) in [6.07, 6.45) is 0. The highest BCUT2D eigenvalue weighted by molar-refractivity contribution is 7.21. The van der Waals surface area contributed by atoms with E-state index in [1.807, 2.05) is 19.9 Å². The summed E-state index contributed by atoms with van der Waals surface area (Å²) in [4.78, 5) is 28.3. The molecule has 0 fully saturated rings. The van der Waals surface area contributed by atoms with Crippen LogP contribution in [-0.4, -0.2) is 15.8 Å². The van der Waals surface area contributed by atoms with Crippen molar-refractivity contribution in [1.82, 2.24) is 4.98 Å². The molecule has 2 aromatic heterocycles. The molecule has 1 amide bonds. The van der Waals surface area contributed by atoms with Gasteiger partial charge in [0.25, 0.3) is 11.6 Å². The van der Waals surface area contributed by atoms with Gasteiger partial charge in [-0.15, -0.1) is 11.3 Å². The summed E-state index contributed by atoms with van der Waals surface area (Å²) in [6, 6.07) is 5.95. The number of hydrogen-bond donors (Lipinski definition) is 2. The van der Waals surface area contributed by atoms with Crippen molar-refractivity contribution in [3.63, 3.8) is 0 Å². The number of nitrogens with one attached hydrogen (secondary N) is 1. The molecular weight excluding hydrogens is 364 g/mol. The standard InChI is InChI=1S/C16H13ClN4O3S/c1-7-5-8(2)19-16-12(7)13(18)14(25-16)15(22)20-9-3-4-10(17)11(6-9)21(23)24/h3-6H,18H2,1-2H3,(H,20,22). The van der Waals surface area contributed by atoms with Gasteiger partial charge in [-0.2, -0.15) is 0 Å². The second kappa shape index (κ2) is 6.30. The van der Waals surface area contributed by atoms with Crippen LogP contribution in [0.1, 0.15) is 20.9 Å². The molecule has 0 saturated heterocycles. The number of nitrogen functional groups attached to an aromatic ring is 1. The second-order valence-electron chi connectivity index (χ2n) is 5.48. The number of anilines is 2. The summed E-state index contributed by atoms with van der Waals surface area (Å²) in [5.74, 6) is -0.450. The maximum atomic E-state index is 12.6. The minimum Gasteiger partial charge on any atom is -0.397 e. The summed E-state index contributed by atoms with van der Waals surface area (Å²) in [6.45, 7) is 3.78. The zero-order valence-electron chi connectivity index (χ0n) is 13.3. The van der Waals surface area contributed by atoms with Gasteiger partial charge in [0.05, 0.1) is 10.6 Å². The summed E-state index contributed by atoms with van der Waals surface area (Å²) >= 11 is 6.96. The van der Waals surface area contributed by atoms with Crippen LogP contribution in [0.15, 0.2) is 24.3 Å². The Morgan fingerprint density at radius 3 is 2.76 bits per heavy atom. The lowest BCUT2D eigenvalue weighted by Crippen LogP contribution is -2.12. The van der Waals surface area contributed by atoms with E-state index in [1.54, 1.807) is 0 Å². The number of nitrogens with zero attached hydrogens (tertiary/aromatic N) is 2. The highest BCUT2D eigenvalue weighted by Crippen LogP contribution is 2.35. The van der Waals surface area contributed by atoms with Crippen LogP contribution in [0.4, 0.5) is 17.1 Å². The average molecular weight is 377 g/mol. The summed E-state index contributed by atoms with van der Waals surface area (Å²) in [5, 5.41) is 14.3. The van der Waals surface area contributed by atoms with E-state index in [1.165, 1.54) is 29.5 Å². The fraction of sp³-hybridized carbons (Fsp3) is 0.125. The summed E-state index contributed by atoms with van der Waals surface area (Å²) in [5.41, 5.74) is 8.24. The van der Waals surface area contributed by atoms with Crippen LogP contribution in [0.5, 0.6) is 0 Å². The Bertz CT molecular complexity index is 1030. The van der Waals surface area contributed by atoms with Crippen molar-refractivity contribution in [1.29, 1.82) is 0 Å². The minimum absolute atomic E-state index is 0.000301. The molecule has 0 unspecified atom stereocenters. The quantitative estimate of drug-likeness (QED) is 0.522. The monoisotopic (exact) mass is 376 g/mol. The van der Waals surface area contributed by atoms with Gasteiger partial charge in [-0.1, -0.05) is 11.6 Å². The van der Waals surface area contributed by atoms with Crippen LogP contribution in [0, 0.1) is 24.0 Å². The molecule has 0 saturated carbocycles. The Balaban J connectivity index is 1.98. The first-order valence-electron chi connectivity index (χ1n) is 7.19. The molecule has 0 atom stereocenters. The zero-order chi connectivity index (χ0) is 18.3. The summed E-state index contributed by atoms with van der Waals surface area (Å²) < 4.78 is 0. The second-order valence-corrected chi connectivity index (χ2v) is 6.89. The molecule has 25 heavy (non-hydrogen) atoms. The number of hydrogen-bond acceptors (Lipinski definition) is 6. The smallest absolute Gasteiger partial charge is 0.289 e. The topological polar surface area (TPSA) is 111 Å². The van der Waals surface area contributed by atoms with E-state index in [2.05, 4.69) is 10.3 Å². The SMILES string of the molecule is Cc1cc(C)c2c(N)c(C(=O)Nc3ccc(Cl)c([N+](=O)[O-])c3)sc2n1. The molecule has 0 aliphatic carbocycles. The Morgan fingerprint density at radius 1 is 1.36 bits per heavy atom. The molecule has 0 bridgehead atoms. The number of carbonyl (C=O) groups is 1. The third kappa shape index (κ3) is 3.13. The molecule has 9 heteroatoms. The van der Waals surface area contributed by atoms with Gasteiger partial charge in [0.1, 0.15) is 14.7 Å². The summed E-state index contributed by atoms with van der Waals surface area (Å²) in [7, 11) is 0. The van der Waals surface area contributed by atoms with Crippen LogP contribution in [-0.2, 0) is 0 Å². The number of nitro groups is 1. The lowest BCUT2D eigenvalue weighted by molar-refractivity contribution is -0.384. The molecule has 3 N–H and O–H groups in total. The zero-order valence-corrected chi connectivity index (χ0v) is 14.9. The number of aryl methyl sites for hydroxylation is 2. The third-order valence-electron chi connectivity index (χ3n) is 3.63. The van der Waals surface area contributed by atoms with Gasteiger partial charge in [0.15, 0.2) is 0 Å². The molecule has 0 spiro atoms. The van der Waals surface area contributed by atoms with Gasteiger partial charge in [-0.3, -0.25) is 14.9 Å². The van der Waals surface area contributed by atoms with Crippen molar-refractivity contribution in [3.8, 4) is 0 Å². The van der Waals surface area contributed by atoms with Gasteiger partial charge in [-0.05, 0) is 37.6 Å². The predicted molar refractivity (Wildman–Crippen MR) is 99.6 cm³/mol. The molecule has 0 aliphatic heterocycles. The fourth-order valence-corrected chi connectivity index (χ4v) is 3.85. The lowest BCUT2D eigenvalue weighted by atomic mass is 10.1. The highest BCUT2D eigenvalue weighted by atomic mass is 35.5. The van der Waals surface area contributed by atoms with Crippen LogP contribution >= 0.6 is 22.9 Å². The number of fused-ring (bicyclic) bond motifs is 1. The Morgan fingerprint density at radius 2 is 2.08 bits per heavy atom. The van der Waals surface area contributed by atoms with Gasteiger partial charge in [-0.25, -0.2) is 4.98 Å². The van der Waals surface area contributed by atoms with E-state index in [4.69, 9.17) is 17.3 Å². The molecule has 7 nitrogen and oxygen atoms in total. The first-order valence-corrected chi connectivity index (χ1v) is 8.39. The molecular formula is C16H13ClN4O3S. The Kier molecular flexibility index (Phi) is 4.32. The number of halogens is 1. The van der Waals surface area contributed by atoms with Crippen LogP contribution in [0.25, 0.3) is 10.2 Å².